The Labute approximate surface area is 105 Å². The summed E-state index contributed by atoms with van der Waals surface area (Å²) in [5, 5.41) is 0. The van der Waals surface area contributed by atoms with E-state index < -0.39 is 20.6 Å². The highest BCUT2D eigenvalue weighted by molar-refractivity contribution is 8.13. The molecule has 2 rings (SSSR count). The third-order valence-electron chi connectivity index (χ3n) is 3.70. The van der Waals surface area contributed by atoms with Crippen molar-refractivity contribution in [1.82, 2.24) is 0 Å². The van der Waals surface area contributed by atoms with Gasteiger partial charge in [0.15, 0.2) is 0 Å². The first-order valence-electron chi connectivity index (χ1n) is 5.55. The Bertz CT molecular complexity index is 521. The molecular weight excluding hydrogens is 263 g/mol. The maximum atomic E-state index is 13.7. The molecule has 0 heterocycles. The van der Waals surface area contributed by atoms with Gasteiger partial charge in [-0.05, 0) is 37.5 Å². The molecule has 0 bridgehead atoms. The van der Waals surface area contributed by atoms with Gasteiger partial charge in [-0.1, -0.05) is 18.6 Å². The number of alkyl halides is 1. The van der Waals surface area contributed by atoms with Crippen LogP contribution in [0.25, 0.3) is 0 Å². The van der Waals surface area contributed by atoms with E-state index >= 15 is 0 Å². The normalized spacial score (nSPS) is 20.6. The average molecular weight is 277 g/mol. The van der Waals surface area contributed by atoms with Crippen molar-refractivity contribution in [1.29, 1.82) is 0 Å². The minimum absolute atomic E-state index is 0.0450. The summed E-state index contributed by atoms with van der Waals surface area (Å²) in [6.45, 7) is 1.53. The molecular formula is C12H14ClFO2S. The number of halogens is 2. The molecule has 2 nitrogen and oxygen atoms in total. The zero-order valence-corrected chi connectivity index (χ0v) is 11.1. The van der Waals surface area contributed by atoms with Crippen LogP contribution in [0.4, 0.5) is 4.39 Å². The topological polar surface area (TPSA) is 34.1 Å². The van der Waals surface area contributed by atoms with Gasteiger partial charge in [-0.2, -0.15) is 0 Å². The maximum absolute atomic E-state index is 13.7. The molecule has 0 aliphatic heterocycles. The summed E-state index contributed by atoms with van der Waals surface area (Å²) in [7, 11) is 1.55. The van der Waals surface area contributed by atoms with Crippen molar-refractivity contribution in [2.45, 2.75) is 42.7 Å². The molecule has 0 N–H and O–H groups in total. The molecule has 0 radical (unpaired) electrons. The highest BCUT2D eigenvalue weighted by Gasteiger charge is 2.44. The lowest BCUT2D eigenvalue weighted by Gasteiger charge is -2.44. The molecule has 1 aromatic rings. The summed E-state index contributed by atoms with van der Waals surface area (Å²) in [5.41, 5.74) is 0.220. The molecule has 0 amide bonds. The minimum atomic E-state index is -3.75. The van der Waals surface area contributed by atoms with Crippen molar-refractivity contribution in [2.75, 3.05) is 0 Å². The van der Waals surface area contributed by atoms with E-state index in [1.54, 1.807) is 12.1 Å². The van der Waals surface area contributed by atoms with Gasteiger partial charge in [0.05, 0.1) is 4.90 Å². The molecule has 0 aromatic heterocycles. The molecule has 1 aromatic carbocycles. The molecule has 5 heteroatoms. The SMILES string of the molecule is CC(F)C1(c2cccc(S(=O)(=O)Cl)c2)CCC1. The van der Waals surface area contributed by atoms with Gasteiger partial charge >= 0.3 is 0 Å². The van der Waals surface area contributed by atoms with Crippen LogP contribution in [0, 0.1) is 0 Å². The summed E-state index contributed by atoms with van der Waals surface area (Å²) >= 11 is 0. The third-order valence-corrected chi connectivity index (χ3v) is 5.05. The first-order chi connectivity index (χ1) is 7.86. The zero-order valence-electron chi connectivity index (χ0n) is 9.49. The van der Waals surface area contributed by atoms with E-state index in [2.05, 4.69) is 0 Å². The Hall–Kier alpha value is -0.610. The summed E-state index contributed by atoms with van der Waals surface area (Å²) in [4.78, 5) is 0.0450. The Morgan fingerprint density at radius 3 is 2.47 bits per heavy atom. The molecule has 1 saturated carbocycles. The van der Waals surface area contributed by atoms with E-state index in [1.165, 1.54) is 19.1 Å². The van der Waals surface area contributed by atoms with Gasteiger partial charge in [0.1, 0.15) is 6.17 Å². The standard InChI is InChI=1S/C12H14ClFO2S/c1-9(14)12(6-3-7-12)10-4-2-5-11(8-10)17(13,15)16/h2,4-5,8-9H,3,6-7H2,1H3. The summed E-state index contributed by atoms with van der Waals surface area (Å²) in [6.07, 6.45) is 1.52. The van der Waals surface area contributed by atoms with Crippen molar-refractivity contribution in [2.24, 2.45) is 0 Å². The lowest BCUT2D eigenvalue weighted by atomic mass is 9.62. The van der Waals surface area contributed by atoms with Crippen LogP contribution in [0.2, 0.25) is 0 Å². The van der Waals surface area contributed by atoms with Gasteiger partial charge in [-0.3, -0.25) is 0 Å². The molecule has 0 saturated heterocycles. The molecule has 1 unspecified atom stereocenters. The second-order valence-electron chi connectivity index (χ2n) is 4.59. The molecule has 1 fully saturated rings. The smallest absolute Gasteiger partial charge is 0.247 e. The number of benzene rings is 1. The predicted octanol–water partition coefficient (Wildman–Crippen LogP) is 3.39. The second kappa shape index (κ2) is 4.25. The van der Waals surface area contributed by atoms with E-state index in [4.69, 9.17) is 10.7 Å². The van der Waals surface area contributed by atoms with Crippen LogP contribution in [0.1, 0.15) is 31.7 Å². The van der Waals surface area contributed by atoms with Gasteiger partial charge < -0.3 is 0 Å². The first-order valence-corrected chi connectivity index (χ1v) is 7.86. The summed E-state index contributed by atoms with van der Waals surface area (Å²) < 4.78 is 36.3. The van der Waals surface area contributed by atoms with Crippen molar-refractivity contribution in [3.63, 3.8) is 0 Å². The molecule has 94 valence electrons. The Kier molecular flexibility index (Phi) is 3.21. The van der Waals surface area contributed by atoms with Crippen molar-refractivity contribution in [3.05, 3.63) is 29.8 Å². The molecule has 17 heavy (non-hydrogen) atoms. The lowest BCUT2D eigenvalue weighted by Crippen LogP contribution is -2.41. The highest BCUT2D eigenvalue weighted by atomic mass is 35.7. The van der Waals surface area contributed by atoms with Crippen molar-refractivity contribution < 1.29 is 12.8 Å². The Balaban J connectivity index is 2.47. The summed E-state index contributed by atoms with van der Waals surface area (Å²) in [6, 6.07) is 6.33. The molecule has 1 aliphatic rings. The van der Waals surface area contributed by atoms with Crippen molar-refractivity contribution >= 4 is 19.7 Å². The molecule has 1 aliphatic carbocycles. The fourth-order valence-electron chi connectivity index (χ4n) is 2.43. The maximum Gasteiger partial charge on any atom is 0.261 e. The van der Waals surface area contributed by atoms with Crippen LogP contribution >= 0.6 is 10.7 Å². The van der Waals surface area contributed by atoms with E-state index in [9.17, 15) is 12.8 Å². The summed E-state index contributed by atoms with van der Waals surface area (Å²) in [5.74, 6) is 0. The van der Waals surface area contributed by atoms with Crippen LogP contribution < -0.4 is 0 Å². The van der Waals surface area contributed by atoms with Crippen LogP contribution in [-0.4, -0.2) is 14.6 Å². The van der Waals surface area contributed by atoms with E-state index in [0.29, 0.717) is 0 Å². The van der Waals surface area contributed by atoms with E-state index in [0.717, 1.165) is 24.8 Å². The first kappa shape index (κ1) is 12.8. The lowest BCUT2D eigenvalue weighted by molar-refractivity contribution is 0.114. The fourth-order valence-corrected chi connectivity index (χ4v) is 3.23. The van der Waals surface area contributed by atoms with Gasteiger partial charge in [0.2, 0.25) is 0 Å². The minimum Gasteiger partial charge on any atom is -0.247 e. The van der Waals surface area contributed by atoms with Crippen LogP contribution in [0.15, 0.2) is 29.2 Å². The Morgan fingerprint density at radius 1 is 1.41 bits per heavy atom. The van der Waals surface area contributed by atoms with Crippen molar-refractivity contribution in [3.8, 4) is 0 Å². The fraction of sp³-hybridized carbons (Fsp3) is 0.500. The van der Waals surface area contributed by atoms with Gasteiger partial charge in [0, 0.05) is 16.1 Å². The van der Waals surface area contributed by atoms with E-state index in [-0.39, 0.29) is 4.90 Å². The number of rotatable bonds is 3. The number of hydrogen-bond acceptors (Lipinski definition) is 2. The highest BCUT2D eigenvalue weighted by Crippen LogP contribution is 2.47. The largest absolute Gasteiger partial charge is 0.261 e. The van der Waals surface area contributed by atoms with Gasteiger partial charge in [-0.15, -0.1) is 0 Å². The number of hydrogen-bond donors (Lipinski definition) is 0. The predicted molar refractivity (Wildman–Crippen MR) is 65.6 cm³/mol. The Morgan fingerprint density at radius 2 is 2.06 bits per heavy atom. The monoisotopic (exact) mass is 276 g/mol. The van der Waals surface area contributed by atoms with Crippen LogP contribution in [0.3, 0.4) is 0 Å². The van der Waals surface area contributed by atoms with Crippen LogP contribution in [-0.2, 0) is 14.5 Å². The van der Waals surface area contributed by atoms with Gasteiger partial charge in [-0.25, -0.2) is 12.8 Å². The molecule has 0 spiro atoms. The average Bonchev–Trinajstić information content (AvgIpc) is 2.14. The van der Waals surface area contributed by atoms with Gasteiger partial charge in [0.25, 0.3) is 9.05 Å². The second-order valence-corrected chi connectivity index (χ2v) is 7.16. The van der Waals surface area contributed by atoms with E-state index in [1.807, 2.05) is 0 Å². The molecule has 1 atom stereocenters. The quantitative estimate of drug-likeness (QED) is 0.793. The van der Waals surface area contributed by atoms with Crippen LogP contribution in [0.5, 0.6) is 0 Å². The zero-order chi connectivity index (χ0) is 12.7. The third kappa shape index (κ3) is 2.20.